The van der Waals surface area contributed by atoms with Crippen LogP contribution in [-0.4, -0.2) is 30.4 Å². The van der Waals surface area contributed by atoms with Gasteiger partial charge in [0.2, 0.25) is 0 Å². The number of benzene rings is 1. The Kier molecular flexibility index (Phi) is 8.21. The maximum atomic E-state index is 10.2. The Morgan fingerprint density at radius 2 is 1.93 bits per heavy atom. The predicted octanol–water partition coefficient (Wildman–Crippen LogP) is 4.60. The average Bonchev–Trinajstić information content (AvgIpc) is 2.70. The van der Waals surface area contributed by atoms with Crippen LogP contribution in [-0.2, 0) is 4.84 Å². The van der Waals surface area contributed by atoms with Gasteiger partial charge < -0.3 is 10.4 Å². The predicted molar refractivity (Wildman–Crippen MR) is 111 cm³/mol. The molecule has 0 radical (unpaired) electrons. The molecular formula is C22H31ClN2O2. The summed E-state index contributed by atoms with van der Waals surface area (Å²) < 4.78 is 0. The first-order valence-electron chi connectivity index (χ1n) is 10.2. The highest BCUT2D eigenvalue weighted by Gasteiger charge is 2.15. The van der Waals surface area contributed by atoms with E-state index in [9.17, 15) is 5.11 Å². The molecule has 2 aliphatic rings. The molecule has 4 nitrogen and oxygen atoms in total. The molecular weight excluding hydrogens is 360 g/mol. The molecule has 0 unspecified atom stereocenters. The first-order valence-corrected chi connectivity index (χ1v) is 10.5. The lowest BCUT2D eigenvalue weighted by atomic mass is 9.95. The summed E-state index contributed by atoms with van der Waals surface area (Å²) in [5.41, 5.74) is 6.40. The number of hydroxylamine groups is 1. The second kappa shape index (κ2) is 10.9. The van der Waals surface area contributed by atoms with Gasteiger partial charge in [-0.05, 0) is 61.4 Å². The van der Waals surface area contributed by atoms with Crippen molar-refractivity contribution in [2.45, 2.75) is 63.5 Å². The fourth-order valence-electron chi connectivity index (χ4n) is 3.71. The van der Waals surface area contributed by atoms with E-state index in [0.29, 0.717) is 12.6 Å². The summed E-state index contributed by atoms with van der Waals surface area (Å²) in [6, 6.07) is 8.39. The van der Waals surface area contributed by atoms with Crippen LogP contribution in [0.4, 0.5) is 0 Å². The minimum atomic E-state index is -0.507. The zero-order valence-electron chi connectivity index (χ0n) is 15.9. The van der Waals surface area contributed by atoms with Crippen molar-refractivity contribution in [1.82, 2.24) is 10.8 Å². The maximum Gasteiger partial charge on any atom is 0.102 e. The molecule has 27 heavy (non-hydrogen) atoms. The molecule has 0 heterocycles. The Morgan fingerprint density at radius 3 is 2.70 bits per heavy atom. The van der Waals surface area contributed by atoms with E-state index in [1.807, 2.05) is 24.3 Å². The van der Waals surface area contributed by atoms with Crippen LogP contribution < -0.4 is 10.8 Å². The fraction of sp³-hybridized carbons (Fsp3) is 0.545. The molecule has 0 aliphatic heterocycles. The SMILES string of the molecule is O[C@H](CNC1CCCCC1)CONC1=CCCCC1=Cc1ccc(Cl)cc1. The van der Waals surface area contributed by atoms with E-state index in [-0.39, 0.29) is 6.61 Å². The Balaban J connectivity index is 1.44. The number of allylic oxidation sites excluding steroid dienone is 2. The quantitative estimate of drug-likeness (QED) is 0.568. The van der Waals surface area contributed by atoms with Crippen LogP contribution in [0, 0.1) is 0 Å². The lowest BCUT2D eigenvalue weighted by Gasteiger charge is -2.24. The van der Waals surface area contributed by atoms with Gasteiger partial charge in [-0.15, -0.1) is 0 Å². The maximum absolute atomic E-state index is 10.2. The van der Waals surface area contributed by atoms with Crippen LogP contribution in [0.3, 0.4) is 0 Å². The zero-order valence-corrected chi connectivity index (χ0v) is 16.7. The van der Waals surface area contributed by atoms with Gasteiger partial charge in [-0.25, -0.2) is 0 Å². The third-order valence-corrected chi connectivity index (χ3v) is 5.51. The molecule has 1 aromatic carbocycles. The Morgan fingerprint density at radius 1 is 1.15 bits per heavy atom. The average molecular weight is 391 g/mol. The standard InChI is InChI=1S/C22H31ClN2O2/c23-19-12-10-17(11-13-19)14-18-6-4-5-9-22(18)25-27-16-21(26)15-24-20-7-2-1-3-8-20/h9-14,20-21,24-26H,1-8,15-16H2/t21-/m1/s1. The van der Waals surface area contributed by atoms with Gasteiger partial charge in [0, 0.05) is 17.6 Å². The van der Waals surface area contributed by atoms with Gasteiger partial charge in [0.05, 0.1) is 11.8 Å². The number of hydrogen-bond donors (Lipinski definition) is 3. The topological polar surface area (TPSA) is 53.5 Å². The summed E-state index contributed by atoms with van der Waals surface area (Å²) in [5, 5.41) is 14.4. The van der Waals surface area contributed by atoms with Crippen molar-refractivity contribution in [2.24, 2.45) is 0 Å². The number of hydrogen-bond acceptors (Lipinski definition) is 4. The van der Waals surface area contributed by atoms with Crippen molar-refractivity contribution >= 4 is 17.7 Å². The highest BCUT2D eigenvalue weighted by molar-refractivity contribution is 6.30. The molecule has 0 saturated heterocycles. The molecule has 1 atom stereocenters. The van der Waals surface area contributed by atoms with E-state index in [2.05, 4.69) is 22.9 Å². The molecule has 2 aliphatic carbocycles. The van der Waals surface area contributed by atoms with Gasteiger partial charge in [-0.3, -0.25) is 10.3 Å². The van der Waals surface area contributed by atoms with E-state index in [1.54, 1.807) is 0 Å². The summed E-state index contributed by atoms with van der Waals surface area (Å²) in [4.78, 5) is 5.59. The van der Waals surface area contributed by atoms with Gasteiger partial charge in [-0.1, -0.05) is 49.1 Å². The minimum Gasteiger partial charge on any atom is -0.389 e. The molecule has 1 fully saturated rings. The van der Waals surface area contributed by atoms with Crippen LogP contribution >= 0.6 is 11.6 Å². The highest BCUT2D eigenvalue weighted by Crippen LogP contribution is 2.25. The van der Waals surface area contributed by atoms with Crippen LogP contribution in [0.1, 0.15) is 56.9 Å². The molecule has 3 rings (SSSR count). The van der Waals surface area contributed by atoms with Gasteiger partial charge in [0.25, 0.3) is 0 Å². The van der Waals surface area contributed by atoms with Crippen molar-refractivity contribution in [2.75, 3.05) is 13.2 Å². The van der Waals surface area contributed by atoms with E-state index < -0.39 is 6.10 Å². The Hall–Kier alpha value is -1.33. The minimum absolute atomic E-state index is 0.269. The largest absolute Gasteiger partial charge is 0.389 e. The molecule has 1 saturated carbocycles. The Bertz CT molecular complexity index is 636. The van der Waals surface area contributed by atoms with E-state index in [4.69, 9.17) is 16.4 Å². The first kappa shape index (κ1) is 20.4. The molecule has 0 amide bonds. The van der Waals surface area contributed by atoms with Crippen molar-refractivity contribution in [3.63, 3.8) is 0 Å². The monoisotopic (exact) mass is 390 g/mol. The van der Waals surface area contributed by atoms with Crippen molar-refractivity contribution in [3.05, 3.63) is 52.2 Å². The van der Waals surface area contributed by atoms with Crippen molar-refractivity contribution in [1.29, 1.82) is 0 Å². The number of rotatable bonds is 8. The van der Waals surface area contributed by atoms with Crippen LogP contribution in [0.15, 0.2) is 41.6 Å². The molecule has 148 valence electrons. The van der Waals surface area contributed by atoms with Gasteiger partial charge in [0.1, 0.15) is 6.61 Å². The zero-order chi connectivity index (χ0) is 18.9. The lowest BCUT2D eigenvalue weighted by Crippen LogP contribution is -2.39. The summed E-state index contributed by atoms with van der Waals surface area (Å²) in [5.74, 6) is 0. The number of aliphatic hydroxyl groups is 1. The summed E-state index contributed by atoms with van der Waals surface area (Å²) in [7, 11) is 0. The number of halogens is 1. The molecule has 3 N–H and O–H groups in total. The summed E-state index contributed by atoms with van der Waals surface area (Å²) >= 11 is 5.96. The fourth-order valence-corrected chi connectivity index (χ4v) is 3.83. The molecule has 0 aromatic heterocycles. The molecule has 0 spiro atoms. The van der Waals surface area contributed by atoms with Gasteiger partial charge in [0.15, 0.2) is 0 Å². The van der Waals surface area contributed by atoms with Gasteiger partial charge >= 0.3 is 0 Å². The van der Waals surface area contributed by atoms with Crippen LogP contribution in [0.25, 0.3) is 6.08 Å². The number of aliphatic hydroxyl groups excluding tert-OH is 1. The normalized spacial score (nSPS) is 21.1. The Labute approximate surface area is 167 Å². The first-order chi connectivity index (χ1) is 13.2. The van der Waals surface area contributed by atoms with E-state index >= 15 is 0 Å². The molecule has 5 heteroatoms. The second-order valence-electron chi connectivity index (χ2n) is 7.54. The second-order valence-corrected chi connectivity index (χ2v) is 7.98. The van der Waals surface area contributed by atoms with Crippen molar-refractivity contribution < 1.29 is 9.94 Å². The van der Waals surface area contributed by atoms with Crippen LogP contribution in [0.5, 0.6) is 0 Å². The van der Waals surface area contributed by atoms with Crippen molar-refractivity contribution in [3.8, 4) is 0 Å². The summed E-state index contributed by atoms with van der Waals surface area (Å²) in [6.07, 6.45) is 13.4. The van der Waals surface area contributed by atoms with E-state index in [1.165, 1.54) is 37.7 Å². The van der Waals surface area contributed by atoms with E-state index in [0.717, 1.165) is 35.5 Å². The lowest BCUT2D eigenvalue weighted by molar-refractivity contribution is -0.00578. The third kappa shape index (κ3) is 6.96. The van der Waals surface area contributed by atoms with Gasteiger partial charge in [-0.2, -0.15) is 0 Å². The van der Waals surface area contributed by atoms with Crippen LogP contribution in [0.2, 0.25) is 5.02 Å². The number of nitrogens with one attached hydrogen (secondary N) is 2. The molecule has 1 aromatic rings. The third-order valence-electron chi connectivity index (χ3n) is 5.26. The summed E-state index contributed by atoms with van der Waals surface area (Å²) in [6.45, 7) is 0.851. The smallest absolute Gasteiger partial charge is 0.102 e. The highest BCUT2D eigenvalue weighted by atomic mass is 35.5. The molecule has 0 bridgehead atoms.